The van der Waals surface area contributed by atoms with E-state index in [9.17, 15) is 18.0 Å². The SMILES string of the molecule is Cc1nccc(-c2cc(NC(=O)c3cc(C(F)(F)F)cnn3)ccc2C)n1. The number of alkyl halides is 3. The zero-order valence-electron chi connectivity index (χ0n) is 14.4. The Morgan fingerprint density at radius 3 is 2.59 bits per heavy atom. The fourth-order valence-corrected chi connectivity index (χ4v) is 2.41. The largest absolute Gasteiger partial charge is 0.418 e. The second-order valence-corrected chi connectivity index (χ2v) is 5.80. The highest BCUT2D eigenvalue weighted by molar-refractivity contribution is 6.03. The van der Waals surface area contributed by atoms with Gasteiger partial charge in [-0.05, 0) is 43.7 Å². The van der Waals surface area contributed by atoms with Crippen molar-refractivity contribution in [2.45, 2.75) is 20.0 Å². The lowest BCUT2D eigenvalue weighted by molar-refractivity contribution is -0.137. The number of nitrogens with zero attached hydrogens (tertiary/aromatic N) is 4. The van der Waals surface area contributed by atoms with Crippen molar-refractivity contribution in [1.29, 1.82) is 0 Å². The summed E-state index contributed by atoms with van der Waals surface area (Å²) in [5.41, 5.74) is 1.30. The molecule has 0 saturated heterocycles. The Morgan fingerprint density at radius 1 is 1.11 bits per heavy atom. The first-order chi connectivity index (χ1) is 12.7. The summed E-state index contributed by atoms with van der Waals surface area (Å²) in [6.45, 7) is 3.65. The summed E-state index contributed by atoms with van der Waals surface area (Å²) in [7, 11) is 0. The number of amides is 1. The van der Waals surface area contributed by atoms with Crippen LogP contribution in [-0.2, 0) is 6.18 Å². The molecule has 0 aliphatic carbocycles. The number of halogens is 3. The molecule has 0 aliphatic rings. The van der Waals surface area contributed by atoms with E-state index in [-0.39, 0.29) is 0 Å². The zero-order valence-corrected chi connectivity index (χ0v) is 14.4. The van der Waals surface area contributed by atoms with Crippen LogP contribution in [0.15, 0.2) is 42.7 Å². The van der Waals surface area contributed by atoms with Gasteiger partial charge in [-0.15, -0.1) is 5.10 Å². The monoisotopic (exact) mass is 373 g/mol. The van der Waals surface area contributed by atoms with Crippen LogP contribution in [-0.4, -0.2) is 26.1 Å². The topological polar surface area (TPSA) is 80.7 Å². The van der Waals surface area contributed by atoms with E-state index in [1.807, 2.05) is 6.92 Å². The average molecular weight is 373 g/mol. The molecule has 0 aliphatic heterocycles. The molecule has 2 aromatic heterocycles. The first-order valence-corrected chi connectivity index (χ1v) is 7.86. The van der Waals surface area contributed by atoms with Gasteiger partial charge in [-0.1, -0.05) is 6.07 Å². The molecule has 0 saturated carbocycles. The Balaban J connectivity index is 1.88. The Labute approximate surface area is 152 Å². The molecule has 3 aromatic rings. The molecule has 138 valence electrons. The first kappa shape index (κ1) is 18.4. The molecule has 0 bridgehead atoms. The van der Waals surface area contributed by atoms with Crippen LogP contribution in [0.1, 0.15) is 27.4 Å². The number of anilines is 1. The van der Waals surface area contributed by atoms with Gasteiger partial charge in [0, 0.05) is 17.4 Å². The number of rotatable bonds is 3. The normalized spacial score (nSPS) is 11.3. The van der Waals surface area contributed by atoms with E-state index < -0.39 is 23.3 Å². The number of aromatic nitrogens is 4. The molecule has 3 rings (SSSR count). The molecule has 0 fully saturated rings. The average Bonchev–Trinajstić information content (AvgIpc) is 2.62. The minimum absolute atomic E-state index is 0.399. The van der Waals surface area contributed by atoms with E-state index in [4.69, 9.17) is 0 Å². The summed E-state index contributed by atoms with van der Waals surface area (Å²) in [4.78, 5) is 20.7. The van der Waals surface area contributed by atoms with Crippen LogP contribution in [0, 0.1) is 13.8 Å². The number of hydrogen-bond donors (Lipinski definition) is 1. The maximum atomic E-state index is 12.8. The highest BCUT2D eigenvalue weighted by atomic mass is 19.4. The van der Waals surface area contributed by atoms with Gasteiger partial charge in [0.25, 0.3) is 5.91 Å². The van der Waals surface area contributed by atoms with Gasteiger partial charge in [-0.3, -0.25) is 4.79 Å². The molecule has 9 heteroatoms. The van der Waals surface area contributed by atoms with Crippen molar-refractivity contribution in [2.24, 2.45) is 0 Å². The quantitative estimate of drug-likeness (QED) is 0.755. The number of benzene rings is 1. The van der Waals surface area contributed by atoms with Crippen LogP contribution >= 0.6 is 0 Å². The number of nitrogens with one attached hydrogen (secondary N) is 1. The summed E-state index contributed by atoms with van der Waals surface area (Å²) >= 11 is 0. The highest BCUT2D eigenvalue weighted by Gasteiger charge is 2.32. The summed E-state index contributed by atoms with van der Waals surface area (Å²) in [5, 5.41) is 9.27. The molecular formula is C18H14F3N5O. The Bertz CT molecular complexity index is 1000. The van der Waals surface area contributed by atoms with Gasteiger partial charge < -0.3 is 5.32 Å². The van der Waals surface area contributed by atoms with E-state index in [1.165, 1.54) is 0 Å². The summed E-state index contributed by atoms with van der Waals surface area (Å²) < 4.78 is 38.3. The van der Waals surface area contributed by atoms with E-state index >= 15 is 0 Å². The van der Waals surface area contributed by atoms with Crippen LogP contribution in [0.25, 0.3) is 11.3 Å². The maximum Gasteiger partial charge on any atom is 0.418 e. The summed E-state index contributed by atoms with van der Waals surface area (Å²) in [6.07, 6.45) is -2.41. The molecule has 1 aromatic carbocycles. The van der Waals surface area contributed by atoms with Gasteiger partial charge in [0.1, 0.15) is 5.82 Å². The van der Waals surface area contributed by atoms with Crippen molar-refractivity contribution in [2.75, 3.05) is 5.32 Å². The molecule has 0 atom stereocenters. The van der Waals surface area contributed by atoms with Crippen molar-refractivity contribution in [3.63, 3.8) is 0 Å². The summed E-state index contributed by atoms with van der Waals surface area (Å²) in [5.74, 6) is -0.192. The molecule has 1 N–H and O–H groups in total. The van der Waals surface area contributed by atoms with Gasteiger partial charge in [0.2, 0.25) is 0 Å². The second-order valence-electron chi connectivity index (χ2n) is 5.80. The minimum atomic E-state index is -4.60. The van der Waals surface area contributed by atoms with Crippen molar-refractivity contribution in [3.8, 4) is 11.3 Å². The lowest BCUT2D eigenvalue weighted by Crippen LogP contribution is -2.16. The molecular weight excluding hydrogens is 359 g/mol. The van der Waals surface area contributed by atoms with Crippen molar-refractivity contribution in [1.82, 2.24) is 20.2 Å². The molecule has 1 amide bonds. The smallest absolute Gasteiger partial charge is 0.321 e. The third-order valence-corrected chi connectivity index (χ3v) is 3.76. The Kier molecular flexibility index (Phi) is 4.85. The minimum Gasteiger partial charge on any atom is -0.321 e. The molecule has 0 spiro atoms. The third kappa shape index (κ3) is 4.25. The van der Waals surface area contributed by atoms with Gasteiger partial charge in [0.15, 0.2) is 5.69 Å². The zero-order chi connectivity index (χ0) is 19.6. The van der Waals surface area contributed by atoms with Gasteiger partial charge >= 0.3 is 6.18 Å². The van der Waals surface area contributed by atoms with Gasteiger partial charge in [-0.2, -0.15) is 18.3 Å². The number of hydrogen-bond acceptors (Lipinski definition) is 5. The fraction of sp³-hybridized carbons (Fsp3) is 0.167. The van der Waals surface area contributed by atoms with Crippen LogP contribution in [0.2, 0.25) is 0 Å². The molecule has 2 heterocycles. The molecule has 27 heavy (non-hydrogen) atoms. The molecule has 6 nitrogen and oxygen atoms in total. The van der Waals surface area contributed by atoms with Crippen LogP contribution in [0.3, 0.4) is 0 Å². The molecule has 0 radical (unpaired) electrons. The summed E-state index contributed by atoms with van der Waals surface area (Å²) in [6, 6.07) is 7.51. The van der Waals surface area contributed by atoms with Gasteiger partial charge in [0.05, 0.1) is 17.5 Å². The van der Waals surface area contributed by atoms with E-state index in [1.54, 1.807) is 37.4 Å². The third-order valence-electron chi connectivity index (χ3n) is 3.76. The predicted molar refractivity (Wildman–Crippen MR) is 91.9 cm³/mol. The lowest BCUT2D eigenvalue weighted by atomic mass is 10.0. The number of carbonyl (C=O) groups excluding carboxylic acids is 1. The van der Waals surface area contributed by atoms with Crippen molar-refractivity contribution >= 4 is 11.6 Å². The number of aryl methyl sites for hydroxylation is 2. The van der Waals surface area contributed by atoms with Crippen LogP contribution in [0.5, 0.6) is 0 Å². The molecule has 0 unspecified atom stereocenters. The fourth-order valence-electron chi connectivity index (χ4n) is 2.41. The van der Waals surface area contributed by atoms with Crippen LogP contribution < -0.4 is 5.32 Å². The first-order valence-electron chi connectivity index (χ1n) is 7.86. The van der Waals surface area contributed by atoms with E-state index in [2.05, 4.69) is 25.5 Å². The van der Waals surface area contributed by atoms with E-state index in [0.717, 1.165) is 11.1 Å². The standard InChI is InChI=1S/C18H14F3N5O/c1-10-3-4-13(8-14(10)15-5-6-22-11(2)24-15)25-17(27)16-7-12(9-23-26-16)18(19,20)21/h3-9H,1-2H3,(H,25,27). The van der Waals surface area contributed by atoms with Crippen molar-refractivity contribution < 1.29 is 18.0 Å². The Hall–Kier alpha value is -3.36. The predicted octanol–water partition coefficient (Wildman–Crippen LogP) is 3.82. The number of carbonyl (C=O) groups is 1. The maximum absolute atomic E-state index is 12.8. The van der Waals surface area contributed by atoms with Crippen molar-refractivity contribution in [3.05, 3.63) is 65.4 Å². The Morgan fingerprint density at radius 2 is 1.89 bits per heavy atom. The highest BCUT2D eigenvalue weighted by Crippen LogP contribution is 2.29. The van der Waals surface area contributed by atoms with E-state index in [0.29, 0.717) is 29.5 Å². The van der Waals surface area contributed by atoms with Crippen LogP contribution in [0.4, 0.5) is 18.9 Å². The second kappa shape index (κ2) is 7.10. The lowest BCUT2D eigenvalue weighted by Gasteiger charge is -2.11. The van der Waals surface area contributed by atoms with Gasteiger partial charge in [-0.25, -0.2) is 9.97 Å².